The number of rotatable bonds is 5. The normalized spacial score (nSPS) is 10.3. The fourth-order valence-corrected chi connectivity index (χ4v) is 2.19. The molecule has 2 aromatic rings. The van der Waals surface area contributed by atoms with Crippen molar-refractivity contribution in [3.8, 4) is 0 Å². The van der Waals surface area contributed by atoms with E-state index >= 15 is 0 Å². The number of halogens is 2. The lowest BCUT2D eigenvalue weighted by molar-refractivity contribution is 0.0506. The number of amides is 1. The van der Waals surface area contributed by atoms with Gasteiger partial charge < -0.3 is 9.64 Å². The Bertz CT molecular complexity index is 741. The van der Waals surface area contributed by atoms with Crippen LogP contribution in [0.15, 0.2) is 42.5 Å². The first-order valence-electron chi connectivity index (χ1n) is 7.45. The molecule has 0 saturated heterocycles. The van der Waals surface area contributed by atoms with Crippen molar-refractivity contribution in [2.75, 3.05) is 18.6 Å². The second-order valence-electron chi connectivity index (χ2n) is 5.11. The summed E-state index contributed by atoms with van der Waals surface area (Å²) in [5.74, 6) is -3.40. The predicted octanol–water partition coefficient (Wildman–Crippen LogP) is 3.81. The van der Waals surface area contributed by atoms with Crippen LogP contribution >= 0.6 is 0 Å². The van der Waals surface area contributed by atoms with Crippen molar-refractivity contribution in [3.05, 3.63) is 65.2 Å². The highest BCUT2D eigenvalue weighted by Crippen LogP contribution is 2.24. The third-order valence-corrected chi connectivity index (χ3v) is 3.40. The van der Waals surface area contributed by atoms with Crippen molar-refractivity contribution in [2.45, 2.75) is 13.3 Å². The number of anilines is 1. The average Bonchev–Trinajstić information content (AvgIpc) is 2.58. The minimum atomic E-state index is -0.960. The molecule has 0 saturated carbocycles. The highest BCUT2D eigenvalue weighted by Gasteiger charge is 2.24. The Kier molecular flexibility index (Phi) is 5.63. The van der Waals surface area contributed by atoms with Gasteiger partial charge in [0.05, 0.1) is 17.9 Å². The van der Waals surface area contributed by atoms with E-state index in [0.717, 1.165) is 17.0 Å². The summed E-state index contributed by atoms with van der Waals surface area (Å²) in [6.45, 7) is 2.10. The van der Waals surface area contributed by atoms with E-state index in [9.17, 15) is 18.4 Å². The highest BCUT2D eigenvalue weighted by molar-refractivity contribution is 6.09. The Labute approximate surface area is 138 Å². The molecular formula is C18H17F2NO3. The van der Waals surface area contributed by atoms with E-state index in [-0.39, 0.29) is 17.9 Å². The summed E-state index contributed by atoms with van der Waals surface area (Å²) < 4.78 is 32.7. The van der Waals surface area contributed by atoms with Gasteiger partial charge in [-0.3, -0.25) is 4.79 Å². The molecule has 0 aliphatic carbocycles. The van der Waals surface area contributed by atoms with Gasteiger partial charge in [-0.05, 0) is 30.7 Å². The Balaban J connectivity index is 2.38. The van der Waals surface area contributed by atoms with E-state index in [2.05, 4.69) is 0 Å². The number of nitrogens with zero attached hydrogens (tertiary/aromatic N) is 1. The lowest BCUT2D eigenvalue weighted by Crippen LogP contribution is -2.29. The molecule has 126 valence electrons. The molecular weight excluding hydrogens is 316 g/mol. The first-order chi connectivity index (χ1) is 11.5. The van der Waals surface area contributed by atoms with Crippen molar-refractivity contribution in [1.29, 1.82) is 0 Å². The number of ether oxygens (including phenoxy) is 1. The summed E-state index contributed by atoms with van der Waals surface area (Å²) in [6.07, 6.45) is 0.656. The predicted molar refractivity (Wildman–Crippen MR) is 86.1 cm³/mol. The molecule has 0 aliphatic heterocycles. The third kappa shape index (κ3) is 3.59. The molecule has 6 heteroatoms. The molecule has 0 aliphatic rings. The second kappa shape index (κ2) is 7.68. The van der Waals surface area contributed by atoms with Crippen LogP contribution in [0.5, 0.6) is 0 Å². The molecule has 0 bridgehead atoms. The van der Waals surface area contributed by atoms with Crippen LogP contribution in [0, 0.1) is 11.6 Å². The van der Waals surface area contributed by atoms with Gasteiger partial charge in [-0.25, -0.2) is 13.6 Å². The Morgan fingerprint density at radius 2 is 1.67 bits per heavy atom. The number of hydrogen-bond acceptors (Lipinski definition) is 3. The largest absolute Gasteiger partial charge is 0.462 e. The molecule has 0 heterocycles. The maximum atomic E-state index is 13.8. The maximum Gasteiger partial charge on any atom is 0.340 e. The first-order valence-corrected chi connectivity index (χ1v) is 7.45. The summed E-state index contributed by atoms with van der Waals surface area (Å²) in [5.41, 5.74) is -0.304. The molecule has 0 spiro atoms. The van der Waals surface area contributed by atoms with Crippen LogP contribution in [-0.4, -0.2) is 25.5 Å². The van der Waals surface area contributed by atoms with E-state index in [4.69, 9.17) is 4.74 Å². The van der Waals surface area contributed by atoms with Crippen LogP contribution < -0.4 is 4.90 Å². The van der Waals surface area contributed by atoms with Crippen LogP contribution in [0.4, 0.5) is 14.5 Å². The SMILES string of the molecule is CCCOC(=O)c1ccccc1N(C)C(=O)c1c(F)cccc1F. The zero-order chi connectivity index (χ0) is 17.7. The van der Waals surface area contributed by atoms with Gasteiger partial charge in [-0.2, -0.15) is 0 Å². The van der Waals surface area contributed by atoms with E-state index in [1.54, 1.807) is 12.1 Å². The third-order valence-electron chi connectivity index (χ3n) is 3.40. The van der Waals surface area contributed by atoms with Crippen molar-refractivity contribution >= 4 is 17.6 Å². The van der Waals surface area contributed by atoms with Crippen molar-refractivity contribution in [3.63, 3.8) is 0 Å². The zero-order valence-electron chi connectivity index (χ0n) is 13.4. The van der Waals surface area contributed by atoms with Crippen LogP contribution in [0.25, 0.3) is 0 Å². The molecule has 24 heavy (non-hydrogen) atoms. The van der Waals surface area contributed by atoms with Gasteiger partial charge in [0.2, 0.25) is 0 Å². The number of carbonyl (C=O) groups is 2. The molecule has 4 nitrogen and oxygen atoms in total. The number of para-hydroxylation sites is 1. The molecule has 0 fully saturated rings. The molecule has 2 aromatic carbocycles. The standard InChI is InChI=1S/C18H17F2NO3/c1-3-11-24-18(23)12-7-4-5-10-15(12)21(2)17(22)16-13(19)8-6-9-14(16)20/h4-10H,3,11H2,1-2H3. The molecule has 0 N–H and O–H groups in total. The summed E-state index contributed by atoms with van der Waals surface area (Å²) in [5, 5.41) is 0. The summed E-state index contributed by atoms with van der Waals surface area (Å²) >= 11 is 0. The van der Waals surface area contributed by atoms with E-state index in [0.29, 0.717) is 6.42 Å². The van der Waals surface area contributed by atoms with Crippen molar-refractivity contribution in [1.82, 2.24) is 0 Å². The van der Waals surface area contributed by atoms with E-state index in [1.165, 1.54) is 25.2 Å². The fourth-order valence-electron chi connectivity index (χ4n) is 2.19. The van der Waals surface area contributed by atoms with Gasteiger partial charge in [-0.1, -0.05) is 25.1 Å². The zero-order valence-corrected chi connectivity index (χ0v) is 13.4. The Morgan fingerprint density at radius 1 is 1.04 bits per heavy atom. The van der Waals surface area contributed by atoms with Gasteiger partial charge in [-0.15, -0.1) is 0 Å². The van der Waals surface area contributed by atoms with Gasteiger partial charge in [0.1, 0.15) is 17.2 Å². The summed E-state index contributed by atoms with van der Waals surface area (Å²) in [7, 11) is 1.35. The summed E-state index contributed by atoms with van der Waals surface area (Å²) in [6, 6.07) is 9.43. The smallest absolute Gasteiger partial charge is 0.340 e. The van der Waals surface area contributed by atoms with E-state index < -0.39 is 29.1 Å². The molecule has 0 unspecified atom stereocenters. The minimum Gasteiger partial charge on any atom is -0.462 e. The van der Waals surface area contributed by atoms with Gasteiger partial charge >= 0.3 is 5.97 Å². The average molecular weight is 333 g/mol. The lowest BCUT2D eigenvalue weighted by atomic mass is 10.1. The lowest BCUT2D eigenvalue weighted by Gasteiger charge is -2.20. The second-order valence-corrected chi connectivity index (χ2v) is 5.11. The number of carbonyl (C=O) groups excluding carboxylic acids is 2. The van der Waals surface area contributed by atoms with Gasteiger partial charge in [0, 0.05) is 7.05 Å². The Morgan fingerprint density at radius 3 is 2.29 bits per heavy atom. The molecule has 0 atom stereocenters. The first kappa shape index (κ1) is 17.6. The van der Waals surface area contributed by atoms with Crippen molar-refractivity contribution < 1.29 is 23.1 Å². The maximum absolute atomic E-state index is 13.8. The molecule has 0 aromatic heterocycles. The fraction of sp³-hybridized carbons (Fsp3) is 0.222. The van der Waals surface area contributed by atoms with Crippen LogP contribution in [0.3, 0.4) is 0 Å². The van der Waals surface area contributed by atoms with E-state index in [1.807, 2.05) is 6.92 Å². The quantitative estimate of drug-likeness (QED) is 0.782. The van der Waals surface area contributed by atoms with Crippen molar-refractivity contribution in [2.24, 2.45) is 0 Å². The van der Waals surface area contributed by atoms with Gasteiger partial charge in [0.25, 0.3) is 5.91 Å². The van der Waals surface area contributed by atoms with Gasteiger partial charge in [0.15, 0.2) is 0 Å². The van der Waals surface area contributed by atoms with Crippen LogP contribution in [-0.2, 0) is 4.74 Å². The monoisotopic (exact) mass is 333 g/mol. The topological polar surface area (TPSA) is 46.6 Å². The minimum absolute atomic E-state index is 0.151. The number of esters is 1. The summed E-state index contributed by atoms with van der Waals surface area (Å²) in [4.78, 5) is 25.6. The van der Waals surface area contributed by atoms with Crippen LogP contribution in [0.2, 0.25) is 0 Å². The molecule has 1 amide bonds. The number of hydrogen-bond donors (Lipinski definition) is 0. The molecule has 0 radical (unpaired) electrons. The highest BCUT2D eigenvalue weighted by atomic mass is 19.1. The molecule has 2 rings (SSSR count). The van der Waals surface area contributed by atoms with Crippen LogP contribution in [0.1, 0.15) is 34.1 Å². The number of benzene rings is 2. The Hall–Kier alpha value is -2.76.